The Labute approximate surface area is 145 Å². The van der Waals surface area contributed by atoms with E-state index in [4.69, 9.17) is 14.2 Å². The Bertz CT molecular complexity index is 505. The molecule has 0 saturated carbocycles. The van der Waals surface area contributed by atoms with E-state index in [1.807, 2.05) is 12.1 Å². The Balaban J connectivity index is 2.66. The summed E-state index contributed by atoms with van der Waals surface area (Å²) in [4.78, 5) is 4.24. The average molecular weight is 337 g/mol. The molecule has 0 heterocycles. The van der Waals surface area contributed by atoms with Crippen molar-refractivity contribution in [3.8, 4) is 17.2 Å². The molecule has 0 bridgehead atoms. The number of methoxy groups -OCH3 is 3. The summed E-state index contributed by atoms with van der Waals surface area (Å²) >= 11 is 0. The van der Waals surface area contributed by atoms with Gasteiger partial charge >= 0.3 is 0 Å². The van der Waals surface area contributed by atoms with Gasteiger partial charge in [-0.15, -0.1) is 0 Å². The number of aliphatic imine (C=N–C) groups is 1. The van der Waals surface area contributed by atoms with E-state index in [1.165, 1.54) is 0 Å². The van der Waals surface area contributed by atoms with Crippen LogP contribution in [0.4, 0.5) is 0 Å². The van der Waals surface area contributed by atoms with Crippen molar-refractivity contribution >= 4 is 5.96 Å². The van der Waals surface area contributed by atoms with Crippen LogP contribution < -0.4 is 24.8 Å². The zero-order chi connectivity index (χ0) is 17.9. The largest absolute Gasteiger partial charge is 0.496 e. The van der Waals surface area contributed by atoms with E-state index in [0.717, 1.165) is 49.0 Å². The molecule has 0 atom stereocenters. The summed E-state index contributed by atoms with van der Waals surface area (Å²) < 4.78 is 16.2. The van der Waals surface area contributed by atoms with Crippen molar-refractivity contribution in [3.05, 3.63) is 17.7 Å². The zero-order valence-corrected chi connectivity index (χ0v) is 15.7. The third-order valence-electron chi connectivity index (χ3n) is 3.72. The molecule has 1 aromatic carbocycles. The van der Waals surface area contributed by atoms with Crippen molar-refractivity contribution < 1.29 is 14.2 Å². The van der Waals surface area contributed by atoms with Gasteiger partial charge < -0.3 is 24.8 Å². The average Bonchev–Trinajstić information content (AvgIpc) is 2.59. The zero-order valence-electron chi connectivity index (χ0n) is 15.7. The topological polar surface area (TPSA) is 64.1 Å². The minimum atomic E-state index is 0.670. The van der Waals surface area contributed by atoms with Gasteiger partial charge in [0.2, 0.25) is 0 Å². The SMILES string of the molecule is CN=C(NCCc1c(OC)cc(OC)cc1OC)NCCC(C)C. The van der Waals surface area contributed by atoms with Crippen LogP contribution in [0, 0.1) is 5.92 Å². The van der Waals surface area contributed by atoms with Gasteiger partial charge in [-0.05, 0) is 18.8 Å². The molecule has 1 aromatic rings. The molecule has 6 heteroatoms. The Morgan fingerprint density at radius 2 is 1.58 bits per heavy atom. The fourth-order valence-corrected chi connectivity index (χ4v) is 2.33. The second-order valence-electron chi connectivity index (χ2n) is 5.87. The number of ether oxygens (including phenoxy) is 3. The highest BCUT2D eigenvalue weighted by molar-refractivity contribution is 5.79. The molecule has 6 nitrogen and oxygen atoms in total. The van der Waals surface area contributed by atoms with Crippen LogP contribution in [-0.2, 0) is 6.42 Å². The molecule has 24 heavy (non-hydrogen) atoms. The molecule has 0 unspecified atom stereocenters. The van der Waals surface area contributed by atoms with Crippen LogP contribution in [0.15, 0.2) is 17.1 Å². The number of nitrogens with one attached hydrogen (secondary N) is 2. The molecule has 0 spiro atoms. The summed E-state index contributed by atoms with van der Waals surface area (Å²) in [5, 5.41) is 6.64. The van der Waals surface area contributed by atoms with E-state index in [0.29, 0.717) is 11.7 Å². The smallest absolute Gasteiger partial charge is 0.190 e. The lowest BCUT2D eigenvalue weighted by Crippen LogP contribution is -2.39. The highest BCUT2D eigenvalue weighted by atomic mass is 16.5. The standard InChI is InChI=1S/C18H31N3O3/c1-13(2)7-9-20-18(19-3)21-10-8-15-16(23-5)11-14(22-4)12-17(15)24-6/h11-13H,7-10H2,1-6H3,(H2,19,20,21). The first kappa shape index (κ1) is 19.9. The third kappa shape index (κ3) is 6.18. The van der Waals surface area contributed by atoms with Gasteiger partial charge in [-0.1, -0.05) is 13.8 Å². The first-order chi connectivity index (χ1) is 11.5. The predicted molar refractivity (Wildman–Crippen MR) is 98.6 cm³/mol. The first-order valence-corrected chi connectivity index (χ1v) is 8.29. The van der Waals surface area contributed by atoms with E-state index in [9.17, 15) is 0 Å². The molecular formula is C18H31N3O3. The second kappa shape index (κ2) is 10.6. The summed E-state index contributed by atoms with van der Waals surface area (Å²) in [6.45, 7) is 6.05. The maximum absolute atomic E-state index is 5.47. The molecule has 0 saturated heterocycles. The molecule has 0 amide bonds. The summed E-state index contributed by atoms with van der Waals surface area (Å²) in [6, 6.07) is 3.74. The lowest BCUT2D eigenvalue weighted by atomic mass is 10.1. The van der Waals surface area contributed by atoms with E-state index in [-0.39, 0.29) is 0 Å². The van der Waals surface area contributed by atoms with Crippen LogP contribution in [-0.4, -0.2) is 47.4 Å². The maximum Gasteiger partial charge on any atom is 0.190 e. The van der Waals surface area contributed by atoms with E-state index >= 15 is 0 Å². The van der Waals surface area contributed by atoms with Crippen molar-refractivity contribution in [1.82, 2.24) is 10.6 Å². The fraction of sp³-hybridized carbons (Fsp3) is 0.611. The van der Waals surface area contributed by atoms with Crippen LogP contribution >= 0.6 is 0 Å². The molecule has 0 fully saturated rings. The van der Waals surface area contributed by atoms with E-state index in [1.54, 1.807) is 28.4 Å². The Morgan fingerprint density at radius 3 is 2.04 bits per heavy atom. The Hall–Kier alpha value is -2.11. The number of hydrogen-bond donors (Lipinski definition) is 2. The van der Waals surface area contributed by atoms with Crippen LogP contribution in [0.25, 0.3) is 0 Å². The molecule has 0 aliphatic carbocycles. The minimum absolute atomic E-state index is 0.670. The van der Waals surface area contributed by atoms with Gasteiger partial charge in [0.05, 0.1) is 21.3 Å². The van der Waals surface area contributed by atoms with Crippen LogP contribution in [0.3, 0.4) is 0 Å². The number of benzene rings is 1. The molecule has 0 aliphatic rings. The van der Waals surface area contributed by atoms with Crippen LogP contribution in [0.2, 0.25) is 0 Å². The number of guanidine groups is 1. The van der Waals surface area contributed by atoms with Crippen molar-refractivity contribution in [2.75, 3.05) is 41.5 Å². The van der Waals surface area contributed by atoms with Crippen LogP contribution in [0.5, 0.6) is 17.2 Å². The van der Waals surface area contributed by atoms with Crippen molar-refractivity contribution in [1.29, 1.82) is 0 Å². The van der Waals surface area contributed by atoms with Crippen molar-refractivity contribution in [2.24, 2.45) is 10.9 Å². The Kier molecular flexibility index (Phi) is 8.83. The number of hydrogen-bond acceptors (Lipinski definition) is 4. The minimum Gasteiger partial charge on any atom is -0.496 e. The van der Waals surface area contributed by atoms with Gasteiger partial charge in [0.25, 0.3) is 0 Å². The molecule has 0 radical (unpaired) electrons. The molecule has 0 aromatic heterocycles. The van der Waals surface area contributed by atoms with Gasteiger partial charge in [0, 0.05) is 37.8 Å². The van der Waals surface area contributed by atoms with Gasteiger partial charge in [-0.3, -0.25) is 4.99 Å². The summed E-state index contributed by atoms with van der Waals surface area (Å²) in [7, 11) is 6.70. The number of nitrogens with zero attached hydrogens (tertiary/aromatic N) is 1. The fourth-order valence-electron chi connectivity index (χ4n) is 2.33. The van der Waals surface area contributed by atoms with Gasteiger partial charge in [-0.2, -0.15) is 0 Å². The molecule has 0 aliphatic heterocycles. The number of rotatable bonds is 9. The molecule has 1 rings (SSSR count). The molecular weight excluding hydrogens is 306 g/mol. The summed E-state index contributed by atoms with van der Waals surface area (Å²) in [5.41, 5.74) is 1.01. The first-order valence-electron chi connectivity index (χ1n) is 8.29. The van der Waals surface area contributed by atoms with Crippen LogP contribution in [0.1, 0.15) is 25.8 Å². The molecule has 2 N–H and O–H groups in total. The normalized spacial score (nSPS) is 11.4. The third-order valence-corrected chi connectivity index (χ3v) is 3.72. The quantitative estimate of drug-likeness (QED) is 0.535. The maximum atomic E-state index is 5.47. The monoisotopic (exact) mass is 337 g/mol. The van der Waals surface area contributed by atoms with Gasteiger partial charge in [0.1, 0.15) is 17.2 Å². The van der Waals surface area contributed by atoms with Crippen molar-refractivity contribution in [3.63, 3.8) is 0 Å². The highest BCUT2D eigenvalue weighted by Gasteiger charge is 2.13. The predicted octanol–water partition coefficient (Wildman–Crippen LogP) is 2.47. The van der Waals surface area contributed by atoms with Gasteiger partial charge in [0.15, 0.2) is 5.96 Å². The second-order valence-corrected chi connectivity index (χ2v) is 5.87. The van der Waals surface area contributed by atoms with E-state index < -0.39 is 0 Å². The van der Waals surface area contributed by atoms with Gasteiger partial charge in [-0.25, -0.2) is 0 Å². The lowest BCUT2D eigenvalue weighted by Gasteiger charge is -2.16. The molecule has 136 valence electrons. The highest BCUT2D eigenvalue weighted by Crippen LogP contribution is 2.34. The Morgan fingerprint density at radius 1 is 1.00 bits per heavy atom. The summed E-state index contributed by atoms with van der Waals surface area (Å²) in [5.74, 6) is 3.71. The van der Waals surface area contributed by atoms with E-state index in [2.05, 4.69) is 29.5 Å². The summed E-state index contributed by atoms with van der Waals surface area (Å²) in [6.07, 6.45) is 1.86. The van der Waals surface area contributed by atoms with Crippen molar-refractivity contribution in [2.45, 2.75) is 26.7 Å². The lowest BCUT2D eigenvalue weighted by molar-refractivity contribution is 0.368.